The molecule has 3 aliphatic rings. The Bertz CT molecular complexity index is 963. The summed E-state index contributed by atoms with van der Waals surface area (Å²) in [5.74, 6) is 0.431. The third-order valence-electron chi connectivity index (χ3n) is 5.58. The standard InChI is InChI=1S/C24H20/c1-2-16-14-17-8-4-6-11-20(17)24(16)22-13-7-12-21-19-10-5-3-9-18(19)15-23(21)22/h3-14,20H,2,15H2,1H3. The van der Waals surface area contributed by atoms with Crippen LogP contribution in [0, 0.1) is 5.92 Å². The highest BCUT2D eigenvalue weighted by Crippen LogP contribution is 2.47. The van der Waals surface area contributed by atoms with Gasteiger partial charge in [0.25, 0.3) is 0 Å². The number of fused-ring (bicyclic) bond motifs is 4. The molecule has 0 saturated carbocycles. The van der Waals surface area contributed by atoms with Gasteiger partial charge in [-0.05, 0) is 57.4 Å². The summed E-state index contributed by atoms with van der Waals surface area (Å²) < 4.78 is 0. The van der Waals surface area contributed by atoms with Gasteiger partial charge in [-0.3, -0.25) is 0 Å². The van der Waals surface area contributed by atoms with Crippen LogP contribution in [0.5, 0.6) is 0 Å². The van der Waals surface area contributed by atoms with E-state index < -0.39 is 0 Å². The maximum atomic E-state index is 2.40. The van der Waals surface area contributed by atoms with Crippen LogP contribution in [0.1, 0.15) is 30.0 Å². The van der Waals surface area contributed by atoms with Crippen molar-refractivity contribution >= 4 is 5.57 Å². The zero-order valence-electron chi connectivity index (χ0n) is 13.9. The summed E-state index contributed by atoms with van der Waals surface area (Å²) in [5, 5.41) is 0. The normalized spacial score (nSPS) is 20.0. The molecule has 116 valence electrons. The van der Waals surface area contributed by atoms with Gasteiger partial charge in [0, 0.05) is 5.92 Å². The van der Waals surface area contributed by atoms with Crippen LogP contribution in [0.3, 0.4) is 0 Å². The molecule has 3 aliphatic carbocycles. The van der Waals surface area contributed by atoms with Gasteiger partial charge in [-0.2, -0.15) is 0 Å². The van der Waals surface area contributed by atoms with Crippen LogP contribution in [0.2, 0.25) is 0 Å². The van der Waals surface area contributed by atoms with Crippen LogP contribution in [0.25, 0.3) is 16.7 Å². The average molecular weight is 308 g/mol. The van der Waals surface area contributed by atoms with Gasteiger partial charge >= 0.3 is 0 Å². The van der Waals surface area contributed by atoms with Crippen molar-refractivity contribution in [2.75, 3.05) is 0 Å². The number of hydrogen-bond donors (Lipinski definition) is 0. The van der Waals surface area contributed by atoms with Crippen molar-refractivity contribution in [1.82, 2.24) is 0 Å². The molecule has 0 bridgehead atoms. The molecule has 0 heterocycles. The smallest absolute Gasteiger partial charge is 0.0281 e. The summed E-state index contributed by atoms with van der Waals surface area (Å²) in [6.07, 6.45) is 13.5. The third-order valence-corrected chi connectivity index (χ3v) is 5.58. The van der Waals surface area contributed by atoms with Gasteiger partial charge in [0.15, 0.2) is 0 Å². The van der Waals surface area contributed by atoms with Crippen molar-refractivity contribution in [2.45, 2.75) is 19.8 Å². The van der Waals surface area contributed by atoms with Crippen molar-refractivity contribution in [3.8, 4) is 11.1 Å². The Labute approximate surface area is 143 Å². The van der Waals surface area contributed by atoms with Gasteiger partial charge in [0.2, 0.25) is 0 Å². The number of allylic oxidation sites excluding steroid dienone is 8. The minimum absolute atomic E-state index is 0.431. The second-order valence-electron chi connectivity index (χ2n) is 6.82. The molecule has 1 atom stereocenters. The molecule has 0 nitrogen and oxygen atoms in total. The lowest BCUT2D eigenvalue weighted by Gasteiger charge is -2.20. The Kier molecular flexibility index (Phi) is 2.99. The molecule has 0 amide bonds. The first kappa shape index (κ1) is 13.8. The Balaban J connectivity index is 1.70. The molecular formula is C24H20. The van der Waals surface area contributed by atoms with Crippen molar-refractivity contribution < 1.29 is 0 Å². The Morgan fingerprint density at radius 2 is 1.75 bits per heavy atom. The van der Waals surface area contributed by atoms with E-state index in [1.165, 1.54) is 44.5 Å². The van der Waals surface area contributed by atoms with E-state index in [1.807, 2.05) is 0 Å². The topological polar surface area (TPSA) is 0 Å². The second kappa shape index (κ2) is 5.21. The Morgan fingerprint density at radius 3 is 2.67 bits per heavy atom. The molecular weight excluding hydrogens is 288 g/mol. The fourth-order valence-corrected chi connectivity index (χ4v) is 4.48. The first-order chi connectivity index (χ1) is 11.9. The molecule has 2 aromatic rings. The monoisotopic (exact) mass is 308 g/mol. The quantitative estimate of drug-likeness (QED) is 0.536. The zero-order chi connectivity index (χ0) is 16.1. The van der Waals surface area contributed by atoms with Crippen molar-refractivity contribution in [1.29, 1.82) is 0 Å². The van der Waals surface area contributed by atoms with Crippen molar-refractivity contribution in [3.05, 3.63) is 101 Å². The van der Waals surface area contributed by atoms with Crippen LogP contribution >= 0.6 is 0 Å². The molecule has 24 heavy (non-hydrogen) atoms. The van der Waals surface area contributed by atoms with E-state index in [1.54, 1.807) is 0 Å². The maximum Gasteiger partial charge on any atom is 0.0281 e. The number of rotatable bonds is 2. The van der Waals surface area contributed by atoms with E-state index >= 15 is 0 Å². The summed E-state index contributed by atoms with van der Waals surface area (Å²) in [6, 6.07) is 15.7. The van der Waals surface area contributed by atoms with Gasteiger partial charge in [-0.15, -0.1) is 0 Å². The molecule has 0 saturated heterocycles. The first-order valence-electron chi connectivity index (χ1n) is 8.87. The zero-order valence-corrected chi connectivity index (χ0v) is 13.9. The predicted molar refractivity (Wildman–Crippen MR) is 102 cm³/mol. The van der Waals surface area contributed by atoms with Crippen molar-refractivity contribution in [3.63, 3.8) is 0 Å². The number of benzene rings is 2. The lowest BCUT2D eigenvalue weighted by atomic mass is 9.84. The average Bonchev–Trinajstić information content (AvgIpc) is 3.19. The van der Waals surface area contributed by atoms with E-state index in [9.17, 15) is 0 Å². The summed E-state index contributed by atoms with van der Waals surface area (Å²) in [7, 11) is 0. The molecule has 0 spiro atoms. The molecule has 0 aromatic heterocycles. The molecule has 0 radical (unpaired) electrons. The lowest BCUT2D eigenvalue weighted by molar-refractivity contribution is 1.03. The van der Waals surface area contributed by atoms with E-state index in [0.29, 0.717) is 5.92 Å². The van der Waals surface area contributed by atoms with Crippen LogP contribution in [0.4, 0.5) is 0 Å². The van der Waals surface area contributed by atoms with Gasteiger partial charge < -0.3 is 0 Å². The number of hydrogen-bond acceptors (Lipinski definition) is 0. The van der Waals surface area contributed by atoms with E-state index in [0.717, 1.165) is 12.8 Å². The Morgan fingerprint density at radius 1 is 0.917 bits per heavy atom. The summed E-state index contributed by atoms with van der Waals surface area (Å²) in [4.78, 5) is 0. The van der Waals surface area contributed by atoms with Gasteiger partial charge in [0.05, 0.1) is 0 Å². The van der Waals surface area contributed by atoms with E-state index in [4.69, 9.17) is 0 Å². The molecule has 0 heteroatoms. The summed E-state index contributed by atoms with van der Waals surface area (Å²) >= 11 is 0. The van der Waals surface area contributed by atoms with Gasteiger partial charge in [-0.1, -0.05) is 79.8 Å². The first-order valence-corrected chi connectivity index (χ1v) is 8.87. The summed E-state index contributed by atoms with van der Waals surface area (Å²) in [5.41, 5.74) is 11.7. The molecule has 0 aliphatic heterocycles. The minimum atomic E-state index is 0.431. The lowest BCUT2D eigenvalue weighted by Crippen LogP contribution is -2.04. The highest BCUT2D eigenvalue weighted by molar-refractivity contribution is 5.88. The fraction of sp³-hybridized carbons (Fsp3) is 0.167. The highest BCUT2D eigenvalue weighted by atomic mass is 14.3. The van der Waals surface area contributed by atoms with Crippen LogP contribution in [0.15, 0.2) is 84.0 Å². The van der Waals surface area contributed by atoms with E-state index in [2.05, 4.69) is 79.8 Å². The highest BCUT2D eigenvalue weighted by Gasteiger charge is 2.30. The third kappa shape index (κ3) is 1.86. The second-order valence-corrected chi connectivity index (χ2v) is 6.82. The largest absolute Gasteiger partial charge is 0.0726 e. The fourth-order valence-electron chi connectivity index (χ4n) is 4.48. The minimum Gasteiger partial charge on any atom is -0.0726 e. The molecule has 0 N–H and O–H groups in total. The van der Waals surface area contributed by atoms with Crippen LogP contribution < -0.4 is 0 Å². The SMILES string of the molecule is CCC1=C(c2cccc3c2Cc2ccccc2-3)C2C=CC=CC2=C1. The summed E-state index contributed by atoms with van der Waals surface area (Å²) in [6.45, 7) is 2.27. The molecule has 5 rings (SSSR count). The predicted octanol–water partition coefficient (Wildman–Crippen LogP) is 6.10. The molecule has 0 fully saturated rings. The Hall–Kier alpha value is -2.60. The molecule has 1 unspecified atom stereocenters. The van der Waals surface area contributed by atoms with E-state index in [-0.39, 0.29) is 0 Å². The van der Waals surface area contributed by atoms with Gasteiger partial charge in [0.1, 0.15) is 0 Å². The molecule has 2 aromatic carbocycles. The van der Waals surface area contributed by atoms with Crippen LogP contribution in [-0.2, 0) is 6.42 Å². The van der Waals surface area contributed by atoms with Crippen molar-refractivity contribution in [2.24, 2.45) is 5.92 Å². The van der Waals surface area contributed by atoms with Gasteiger partial charge in [-0.25, -0.2) is 0 Å². The van der Waals surface area contributed by atoms with Crippen LogP contribution in [-0.4, -0.2) is 0 Å². The maximum absolute atomic E-state index is 2.40.